The van der Waals surface area contributed by atoms with Gasteiger partial charge in [-0.05, 0) is 54.3 Å². The molecule has 0 bridgehead atoms. The van der Waals surface area contributed by atoms with Gasteiger partial charge in [0.05, 0.1) is 6.61 Å². The quantitative estimate of drug-likeness (QED) is 0.412. The molecule has 4 nitrogen and oxygen atoms in total. The fourth-order valence-corrected chi connectivity index (χ4v) is 3.95. The number of fused-ring (bicyclic) bond motifs is 1. The molecule has 0 saturated heterocycles. The fraction of sp³-hybridized carbons (Fsp3) is 0.250. The van der Waals surface area contributed by atoms with E-state index in [1.165, 1.54) is 22.3 Å². The first-order valence-electron chi connectivity index (χ1n) is 9.52. The van der Waals surface area contributed by atoms with Crippen molar-refractivity contribution in [3.8, 4) is 11.5 Å². The number of hydrogen-bond acceptors (Lipinski definition) is 3. The zero-order valence-corrected chi connectivity index (χ0v) is 19.9. The third-order valence-corrected chi connectivity index (χ3v) is 5.59. The van der Waals surface area contributed by atoms with Crippen molar-refractivity contribution in [2.75, 3.05) is 19.4 Å². The molecule has 2 unspecified atom stereocenters. The second kappa shape index (κ2) is 9.29. The summed E-state index contributed by atoms with van der Waals surface area (Å²) in [7, 11) is 1.62. The summed E-state index contributed by atoms with van der Waals surface area (Å²) in [6.07, 6.45) is 0. The maximum Gasteiger partial charge on any atom is 0.126 e. The van der Waals surface area contributed by atoms with Gasteiger partial charge in [-0.3, -0.25) is 0 Å². The number of ether oxygens (including phenoxy) is 1. The summed E-state index contributed by atoms with van der Waals surface area (Å²) in [6, 6.07) is 20.8. The van der Waals surface area contributed by atoms with Gasteiger partial charge in [0.2, 0.25) is 0 Å². The van der Waals surface area contributed by atoms with E-state index in [0.29, 0.717) is 12.4 Å². The van der Waals surface area contributed by atoms with Crippen LogP contribution in [0.1, 0.15) is 39.7 Å². The Labute approximate surface area is 197 Å². The number of hydroxylamine groups is 1. The first-order valence-corrected chi connectivity index (χ1v) is 9.52. The van der Waals surface area contributed by atoms with Crippen LogP contribution in [0.15, 0.2) is 60.7 Å². The predicted molar refractivity (Wildman–Crippen MR) is 113 cm³/mol. The number of anilines is 1. The van der Waals surface area contributed by atoms with Crippen LogP contribution in [0.3, 0.4) is 0 Å². The Bertz CT molecular complexity index is 989. The first-order chi connectivity index (χ1) is 13.6. The summed E-state index contributed by atoms with van der Waals surface area (Å²) in [6.45, 7) is 4.91. The Hall–Kier alpha value is -1.88. The van der Waals surface area contributed by atoms with Gasteiger partial charge in [-0.1, -0.05) is 36.4 Å². The van der Waals surface area contributed by atoms with Crippen molar-refractivity contribution in [1.29, 1.82) is 0 Å². The zero-order chi connectivity index (χ0) is 19.7. The van der Waals surface area contributed by atoms with Crippen LogP contribution >= 0.6 is 0 Å². The van der Waals surface area contributed by atoms with Crippen molar-refractivity contribution in [3.05, 3.63) is 94.0 Å². The molecule has 3 aromatic rings. The van der Waals surface area contributed by atoms with Crippen molar-refractivity contribution in [1.82, 2.24) is 0 Å². The minimum atomic E-state index is 0. The van der Waals surface area contributed by atoms with E-state index in [1.54, 1.807) is 7.05 Å². The molecule has 0 aliphatic carbocycles. The topological polar surface area (TPSA) is 58.6 Å². The molecule has 29 heavy (non-hydrogen) atoms. The number of rotatable bonds is 4. The molecule has 1 aliphatic rings. The van der Waals surface area contributed by atoms with Gasteiger partial charge < -0.3 is 20.8 Å². The first kappa shape index (κ1) is 21.8. The Morgan fingerprint density at radius 2 is 1.66 bits per heavy atom. The van der Waals surface area contributed by atoms with Gasteiger partial charge in [0.1, 0.15) is 11.5 Å². The minimum absolute atomic E-state index is 0. The normalized spacial score (nSPS) is 17.6. The van der Waals surface area contributed by atoms with Crippen LogP contribution < -0.4 is 15.3 Å². The van der Waals surface area contributed by atoms with E-state index in [1.807, 2.05) is 24.3 Å². The van der Waals surface area contributed by atoms with E-state index in [0.717, 1.165) is 17.0 Å². The van der Waals surface area contributed by atoms with Gasteiger partial charge in [0.25, 0.3) is 0 Å². The smallest absolute Gasteiger partial charge is 0.126 e. The summed E-state index contributed by atoms with van der Waals surface area (Å²) in [5, 5.41) is 0. The van der Waals surface area contributed by atoms with Gasteiger partial charge in [-0.15, -0.1) is 7.05 Å². The Kier molecular flexibility index (Phi) is 6.99. The monoisotopic (exact) mass is 462 g/mol. The maximum atomic E-state index is 6.18. The minimum Gasteiger partial charge on any atom is -0.587 e. The van der Waals surface area contributed by atoms with Crippen LogP contribution in [-0.4, -0.2) is 13.7 Å². The number of nitrogens with zero attached hydrogens (tertiary/aromatic N) is 1. The molecule has 0 fully saturated rings. The molecule has 0 aromatic heterocycles. The van der Waals surface area contributed by atoms with Gasteiger partial charge in [0.15, 0.2) is 0 Å². The van der Waals surface area contributed by atoms with Crippen molar-refractivity contribution in [2.45, 2.75) is 25.7 Å². The van der Waals surface area contributed by atoms with Gasteiger partial charge in [-0.25, -0.2) is 0 Å². The molecule has 1 aliphatic heterocycles. The Morgan fingerprint density at radius 3 is 2.34 bits per heavy atom. The molecule has 4 rings (SSSR count). The van der Waals surface area contributed by atoms with Crippen molar-refractivity contribution >= 4 is 5.69 Å². The predicted octanol–water partition coefficient (Wildman–Crippen LogP) is 5.49. The van der Waals surface area contributed by atoms with E-state index in [9.17, 15) is 0 Å². The molecule has 1 radical (unpaired) electrons. The van der Waals surface area contributed by atoms with Crippen LogP contribution in [-0.2, 0) is 32.7 Å². The third kappa shape index (κ3) is 4.50. The SMILES string of the molecule is C[N-]Oc1ccc2c(c1)OCC(c1ccc(C)c(C)c1)C2c1ccc(N)cc1.[Y]. The average Bonchev–Trinajstić information content (AvgIpc) is 2.70. The molecule has 3 aromatic carbocycles. The fourth-order valence-electron chi connectivity index (χ4n) is 3.95. The summed E-state index contributed by atoms with van der Waals surface area (Å²) in [5.74, 6) is 1.93. The number of aryl methyl sites for hydroxylation is 2. The van der Waals surface area contributed by atoms with Crippen LogP contribution in [0.4, 0.5) is 5.69 Å². The summed E-state index contributed by atoms with van der Waals surface area (Å²) < 4.78 is 6.18. The summed E-state index contributed by atoms with van der Waals surface area (Å²) >= 11 is 0. The van der Waals surface area contributed by atoms with Crippen molar-refractivity contribution < 1.29 is 42.3 Å². The van der Waals surface area contributed by atoms with E-state index in [-0.39, 0.29) is 44.5 Å². The maximum absolute atomic E-state index is 6.18. The number of benzene rings is 3. The van der Waals surface area contributed by atoms with Crippen LogP contribution in [0.25, 0.3) is 5.48 Å². The van der Waals surface area contributed by atoms with Gasteiger partial charge in [-0.2, -0.15) is 0 Å². The van der Waals surface area contributed by atoms with Gasteiger partial charge in [0, 0.05) is 61.9 Å². The average molecular weight is 462 g/mol. The molecule has 2 atom stereocenters. The molecular weight excluding hydrogens is 437 g/mol. The number of nitrogen functional groups attached to an aromatic ring is 1. The molecular formula is C24H25N2O2Y-. The molecule has 147 valence electrons. The van der Waals surface area contributed by atoms with Crippen molar-refractivity contribution in [3.63, 3.8) is 0 Å². The molecule has 0 spiro atoms. The van der Waals surface area contributed by atoms with E-state index in [2.05, 4.69) is 55.7 Å². The van der Waals surface area contributed by atoms with Gasteiger partial charge >= 0.3 is 0 Å². The zero-order valence-electron chi connectivity index (χ0n) is 17.1. The van der Waals surface area contributed by atoms with Crippen molar-refractivity contribution in [2.24, 2.45) is 0 Å². The largest absolute Gasteiger partial charge is 0.587 e. The van der Waals surface area contributed by atoms with Crippen LogP contribution in [0.2, 0.25) is 0 Å². The third-order valence-electron chi connectivity index (χ3n) is 5.59. The molecule has 0 amide bonds. The van der Waals surface area contributed by atoms with E-state index >= 15 is 0 Å². The Morgan fingerprint density at radius 1 is 0.931 bits per heavy atom. The molecule has 2 N–H and O–H groups in total. The second-order valence-corrected chi connectivity index (χ2v) is 7.38. The number of nitrogens with two attached hydrogens (primary N) is 1. The van der Waals surface area contributed by atoms with Crippen LogP contribution in [0, 0.1) is 13.8 Å². The molecule has 0 saturated carbocycles. The summed E-state index contributed by atoms with van der Waals surface area (Å²) in [4.78, 5) is 5.30. The molecule has 5 heteroatoms. The second-order valence-electron chi connectivity index (χ2n) is 7.38. The number of hydrogen-bond donors (Lipinski definition) is 1. The van der Waals surface area contributed by atoms with E-state index < -0.39 is 0 Å². The summed E-state index contributed by atoms with van der Waals surface area (Å²) in [5.41, 5.74) is 16.7. The Balaban J connectivity index is 0.00000240. The standard InChI is InChI=1S/C24H25N2O2.Y/c1-15-4-5-18(12-16(15)2)22-14-27-23-13-20(28-26-3)10-11-21(23)24(22)17-6-8-19(25)9-7-17;/h4-13,22,24H,14,25H2,1-3H3;/q-1;. The van der Waals surface area contributed by atoms with Crippen LogP contribution in [0.5, 0.6) is 11.5 Å². The molecule has 1 heterocycles. The van der Waals surface area contributed by atoms with E-state index in [4.69, 9.17) is 15.3 Å².